The molecular formula is C14H17NO5. The van der Waals surface area contributed by atoms with Crippen molar-refractivity contribution >= 4 is 17.6 Å². The summed E-state index contributed by atoms with van der Waals surface area (Å²) in [4.78, 5) is 24.9. The van der Waals surface area contributed by atoms with Crippen LogP contribution in [-0.4, -0.2) is 40.8 Å². The Balaban J connectivity index is 2.47. The van der Waals surface area contributed by atoms with E-state index in [0.29, 0.717) is 24.4 Å². The van der Waals surface area contributed by atoms with Gasteiger partial charge in [0.1, 0.15) is 5.75 Å². The first-order valence-electron chi connectivity index (χ1n) is 6.36. The van der Waals surface area contributed by atoms with Crippen LogP contribution in [0.15, 0.2) is 18.2 Å². The zero-order valence-electron chi connectivity index (χ0n) is 11.4. The number of hydrogen-bond acceptors (Lipinski definition) is 4. The lowest BCUT2D eigenvalue weighted by Crippen LogP contribution is -2.52. The van der Waals surface area contributed by atoms with Crippen molar-refractivity contribution in [1.82, 2.24) is 0 Å². The molecular weight excluding hydrogens is 262 g/mol. The minimum Gasteiger partial charge on any atom is -0.478 e. The standard InChI is InChI=1S/C14H17NO5/c1-14(2)13(19)15(6-3-7-16)10-8-9(12(17)18)4-5-11(10)20-14/h4-5,8,16H,3,6-7H2,1-2H3,(H,17,18). The van der Waals surface area contributed by atoms with E-state index in [9.17, 15) is 9.59 Å². The summed E-state index contributed by atoms with van der Waals surface area (Å²) in [7, 11) is 0. The van der Waals surface area contributed by atoms with E-state index in [1.807, 2.05) is 0 Å². The Morgan fingerprint density at radius 2 is 2.10 bits per heavy atom. The number of carboxylic acids is 1. The summed E-state index contributed by atoms with van der Waals surface area (Å²) in [6.07, 6.45) is 0.415. The van der Waals surface area contributed by atoms with Gasteiger partial charge in [-0.3, -0.25) is 4.79 Å². The lowest BCUT2D eigenvalue weighted by molar-refractivity contribution is -0.132. The molecule has 2 rings (SSSR count). The number of ether oxygens (including phenoxy) is 1. The number of aliphatic hydroxyl groups excluding tert-OH is 1. The van der Waals surface area contributed by atoms with Gasteiger partial charge in [0.15, 0.2) is 5.60 Å². The lowest BCUT2D eigenvalue weighted by atomic mass is 10.0. The van der Waals surface area contributed by atoms with Gasteiger partial charge in [-0.1, -0.05) is 0 Å². The number of carbonyl (C=O) groups excluding carboxylic acids is 1. The summed E-state index contributed by atoms with van der Waals surface area (Å²) >= 11 is 0. The lowest BCUT2D eigenvalue weighted by Gasteiger charge is -2.38. The van der Waals surface area contributed by atoms with Gasteiger partial charge in [-0.25, -0.2) is 4.79 Å². The normalized spacial score (nSPS) is 16.6. The number of aliphatic hydroxyl groups is 1. The highest BCUT2D eigenvalue weighted by Gasteiger charge is 2.40. The van der Waals surface area contributed by atoms with Gasteiger partial charge >= 0.3 is 5.97 Å². The van der Waals surface area contributed by atoms with E-state index in [0.717, 1.165) is 0 Å². The molecule has 0 saturated carbocycles. The second kappa shape index (κ2) is 5.13. The van der Waals surface area contributed by atoms with Crippen LogP contribution in [0.5, 0.6) is 5.75 Å². The molecule has 0 aliphatic carbocycles. The van der Waals surface area contributed by atoms with Crippen LogP contribution in [0.25, 0.3) is 0 Å². The fourth-order valence-electron chi connectivity index (χ4n) is 2.15. The van der Waals surface area contributed by atoms with E-state index in [1.165, 1.54) is 17.0 Å². The first-order chi connectivity index (χ1) is 9.36. The molecule has 0 atom stereocenters. The topological polar surface area (TPSA) is 87.1 Å². The number of nitrogens with zero attached hydrogens (tertiary/aromatic N) is 1. The van der Waals surface area contributed by atoms with E-state index in [1.54, 1.807) is 19.9 Å². The minimum absolute atomic E-state index is 0.0426. The molecule has 1 aromatic carbocycles. The molecule has 1 heterocycles. The van der Waals surface area contributed by atoms with Gasteiger partial charge in [-0.15, -0.1) is 0 Å². The molecule has 0 radical (unpaired) electrons. The predicted molar refractivity (Wildman–Crippen MR) is 72.2 cm³/mol. The molecule has 1 aliphatic rings. The highest BCUT2D eigenvalue weighted by molar-refractivity contribution is 6.03. The molecule has 6 heteroatoms. The second-order valence-corrected chi connectivity index (χ2v) is 5.13. The number of aromatic carboxylic acids is 1. The molecule has 0 bridgehead atoms. The number of carbonyl (C=O) groups is 2. The van der Waals surface area contributed by atoms with E-state index in [4.69, 9.17) is 14.9 Å². The Kier molecular flexibility index (Phi) is 3.67. The van der Waals surface area contributed by atoms with Crippen LogP contribution in [0.1, 0.15) is 30.6 Å². The molecule has 1 aromatic rings. The average molecular weight is 279 g/mol. The molecule has 0 saturated heterocycles. The highest BCUT2D eigenvalue weighted by Crippen LogP contribution is 2.38. The van der Waals surface area contributed by atoms with Crippen molar-refractivity contribution in [3.05, 3.63) is 23.8 Å². The van der Waals surface area contributed by atoms with Crippen molar-refractivity contribution in [1.29, 1.82) is 0 Å². The van der Waals surface area contributed by atoms with Gasteiger partial charge in [0.25, 0.3) is 5.91 Å². The Morgan fingerprint density at radius 1 is 1.40 bits per heavy atom. The van der Waals surface area contributed by atoms with Crippen molar-refractivity contribution in [2.75, 3.05) is 18.1 Å². The maximum atomic E-state index is 12.4. The summed E-state index contributed by atoms with van der Waals surface area (Å²) < 4.78 is 5.63. The van der Waals surface area contributed by atoms with Crippen LogP contribution < -0.4 is 9.64 Å². The van der Waals surface area contributed by atoms with Gasteiger partial charge in [-0.2, -0.15) is 0 Å². The predicted octanol–water partition coefficient (Wildman–Crippen LogP) is 1.27. The zero-order chi connectivity index (χ0) is 14.9. The molecule has 6 nitrogen and oxygen atoms in total. The number of anilines is 1. The van der Waals surface area contributed by atoms with Crippen molar-refractivity contribution in [3.8, 4) is 5.75 Å². The third-order valence-corrected chi connectivity index (χ3v) is 3.16. The van der Waals surface area contributed by atoms with Gasteiger partial charge in [0.2, 0.25) is 0 Å². The molecule has 1 aliphatic heterocycles. The SMILES string of the molecule is CC1(C)Oc2ccc(C(=O)O)cc2N(CCCO)C1=O. The molecule has 1 amide bonds. The van der Waals surface area contributed by atoms with Crippen LogP contribution in [0, 0.1) is 0 Å². The Hall–Kier alpha value is -2.08. The zero-order valence-corrected chi connectivity index (χ0v) is 11.4. The van der Waals surface area contributed by atoms with Crippen molar-refractivity contribution in [3.63, 3.8) is 0 Å². The van der Waals surface area contributed by atoms with E-state index < -0.39 is 11.6 Å². The van der Waals surface area contributed by atoms with Gasteiger partial charge in [0.05, 0.1) is 11.3 Å². The van der Waals surface area contributed by atoms with Crippen molar-refractivity contribution in [2.45, 2.75) is 25.9 Å². The summed E-state index contributed by atoms with van der Waals surface area (Å²) in [5, 5.41) is 18.0. The number of fused-ring (bicyclic) bond motifs is 1. The molecule has 108 valence electrons. The third kappa shape index (κ3) is 2.46. The third-order valence-electron chi connectivity index (χ3n) is 3.16. The first-order valence-corrected chi connectivity index (χ1v) is 6.36. The molecule has 0 aromatic heterocycles. The molecule has 0 unspecified atom stereocenters. The van der Waals surface area contributed by atoms with Crippen LogP contribution in [-0.2, 0) is 4.79 Å². The Bertz CT molecular complexity index is 552. The minimum atomic E-state index is -1.06. The Labute approximate surface area is 116 Å². The number of rotatable bonds is 4. The quantitative estimate of drug-likeness (QED) is 0.866. The summed E-state index contributed by atoms with van der Waals surface area (Å²) in [6, 6.07) is 4.42. The molecule has 0 fully saturated rings. The van der Waals surface area contributed by atoms with Crippen LogP contribution >= 0.6 is 0 Å². The van der Waals surface area contributed by atoms with Crippen molar-refractivity contribution < 1.29 is 24.5 Å². The molecule has 20 heavy (non-hydrogen) atoms. The number of carboxylic acid groups (broad SMARTS) is 1. The summed E-state index contributed by atoms with van der Waals surface area (Å²) in [6.45, 7) is 3.60. The average Bonchev–Trinajstić information content (AvgIpc) is 2.38. The fourth-order valence-corrected chi connectivity index (χ4v) is 2.15. The van der Waals surface area contributed by atoms with Gasteiger partial charge in [-0.05, 0) is 38.5 Å². The van der Waals surface area contributed by atoms with Crippen LogP contribution in [0.2, 0.25) is 0 Å². The second-order valence-electron chi connectivity index (χ2n) is 5.13. The van der Waals surface area contributed by atoms with E-state index >= 15 is 0 Å². The maximum absolute atomic E-state index is 12.4. The van der Waals surface area contributed by atoms with Crippen LogP contribution in [0.3, 0.4) is 0 Å². The van der Waals surface area contributed by atoms with Crippen molar-refractivity contribution in [2.24, 2.45) is 0 Å². The molecule has 0 spiro atoms. The number of hydrogen-bond donors (Lipinski definition) is 2. The smallest absolute Gasteiger partial charge is 0.335 e. The van der Waals surface area contributed by atoms with E-state index in [-0.39, 0.29) is 18.1 Å². The fraction of sp³-hybridized carbons (Fsp3) is 0.429. The van der Waals surface area contributed by atoms with Crippen LogP contribution in [0.4, 0.5) is 5.69 Å². The number of amides is 1. The maximum Gasteiger partial charge on any atom is 0.335 e. The first kappa shape index (κ1) is 14.3. The highest BCUT2D eigenvalue weighted by atomic mass is 16.5. The molecule has 2 N–H and O–H groups in total. The monoisotopic (exact) mass is 279 g/mol. The summed E-state index contributed by atoms with van der Waals surface area (Å²) in [5.41, 5.74) is -0.482. The number of benzene rings is 1. The Morgan fingerprint density at radius 3 is 2.70 bits per heavy atom. The van der Waals surface area contributed by atoms with Gasteiger partial charge < -0.3 is 19.8 Å². The van der Waals surface area contributed by atoms with E-state index in [2.05, 4.69) is 0 Å². The summed E-state index contributed by atoms with van der Waals surface area (Å²) in [5.74, 6) is -0.842. The largest absolute Gasteiger partial charge is 0.478 e. The van der Waals surface area contributed by atoms with Gasteiger partial charge in [0, 0.05) is 13.2 Å².